The normalized spacial score (nSPS) is 29.1. The van der Waals surface area contributed by atoms with Crippen LogP contribution in [0.2, 0.25) is 0 Å². The average molecular weight is 190 g/mol. The van der Waals surface area contributed by atoms with Gasteiger partial charge in [0.15, 0.2) is 0 Å². The number of hydrogen-bond donors (Lipinski definition) is 0. The van der Waals surface area contributed by atoms with Crippen molar-refractivity contribution in [1.29, 1.82) is 0 Å². The molecule has 1 aliphatic heterocycles. The molecule has 0 N–H and O–H groups in total. The van der Waals surface area contributed by atoms with E-state index >= 15 is 0 Å². The van der Waals surface area contributed by atoms with Gasteiger partial charge in [-0.1, -0.05) is 39.0 Å². The predicted molar refractivity (Wildman–Crippen MR) is 58.7 cm³/mol. The Kier molecular flexibility index (Phi) is 2.06. The molecular weight excluding hydrogens is 172 g/mol. The number of fused-ring (bicyclic) bond motifs is 1. The predicted octanol–water partition coefficient (Wildman–Crippen LogP) is 3.60. The first-order valence-electron chi connectivity index (χ1n) is 5.29. The Morgan fingerprint density at radius 3 is 2.50 bits per heavy atom. The molecule has 2 unspecified atom stereocenters. The van der Waals surface area contributed by atoms with Crippen molar-refractivity contribution in [1.82, 2.24) is 0 Å². The molecule has 14 heavy (non-hydrogen) atoms. The van der Waals surface area contributed by atoms with Crippen LogP contribution >= 0.6 is 0 Å². The maximum Gasteiger partial charge on any atom is 0.123 e. The SMILES string of the molecule is CC1Oc2ccccc2C(C)C1(C)C. The summed E-state index contributed by atoms with van der Waals surface area (Å²) in [7, 11) is 0. The first-order chi connectivity index (χ1) is 6.53. The zero-order valence-electron chi connectivity index (χ0n) is 9.37. The Balaban J connectivity index is 2.49. The number of hydrogen-bond acceptors (Lipinski definition) is 1. The Hall–Kier alpha value is -0.980. The van der Waals surface area contributed by atoms with Crippen molar-refractivity contribution in [3.8, 4) is 5.75 Å². The molecule has 1 aromatic carbocycles. The molecule has 76 valence electrons. The first kappa shape index (κ1) is 9.57. The lowest BCUT2D eigenvalue weighted by atomic mass is 9.71. The monoisotopic (exact) mass is 190 g/mol. The Morgan fingerprint density at radius 1 is 1.14 bits per heavy atom. The van der Waals surface area contributed by atoms with Gasteiger partial charge in [0, 0.05) is 5.41 Å². The molecule has 0 amide bonds. The molecule has 1 heteroatoms. The summed E-state index contributed by atoms with van der Waals surface area (Å²) in [5.41, 5.74) is 1.56. The molecule has 0 saturated carbocycles. The smallest absolute Gasteiger partial charge is 0.123 e. The fraction of sp³-hybridized carbons (Fsp3) is 0.538. The minimum absolute atomic E-state index is 0.217. The quantitative estimate of drug-likeness (QED) is 0.607. The molecule has 0 aromatic heterocycles. The van der Waals surface area contributed by atoms with Crippen molar-refractivity contribution in [2.24, 2.45) is 5.41 Å². The van der Waals surface area contributed by atoms with E-state index in [1.165, 1.54) is 5.56 Å². The lowest BCUT2D eigenvalue weighted by molar-refractivity contribution is 0.0472. The molecule has 0 fully saturated rings. The van der Waals surface area contributed by atoms with E-state index < -0.39 is 0 Å². The highest BCUT2D eigenvalue weighted by molar-refractivity contribution is 5.39. The van der Waals surface area contributed by atoms with Gasteiger partial charge in [0.2, 0.25) is 0 Å². The van der Waals surface area contributed by atoms with Gasteiger partial charge >= 0.3 is 0 Å². The van der Waals surface area contributed by atoms with Crippen molar-refractivity contribution in [3.63, 3.8) is 0 Å². The van der Waals surface area contributed by atoms with Crippen LogP contribution in [-0.4, -0.2) is 6.10 Å². The third-order valence-electron chi connectivity index (χ3n) is 3.85. The molecule has 2 rings (SSSR count). The van der Waals surface area contributed by atoms with Crippen LogP contribution in [0.5, 0.6) is 5.75 Å². The Morgan fingerprint density at radius 2 is 1.79 bits per heavy atom. The fourth-order valence-electron chi connectivity index (χ4n) is 2.04. The highest BCUT2D eigenvalue weighted by Crippen LogP contribution is 2.46. The van der Waals surface area contributed by atoms with Gasteiger partial charge in [0.1, 0.15) is 11.9 Å². The Labute approximate surface area is 86.1 Å². The van der Waals surface area contributed by atoms with Crippen LogP contribution in [0, 0.1) is 5.41 Å². The highest BCUT2D eigenvalue weighted by atomic mass is 16.5. The minimum atomic E-state index is 0.217. The lowest BCUT2D eigenvalue weighted by Crippen LogP contribution is -2.40. The van der Waals surface area contributed by atoms with Crippen molar-refractivity contribution in [3.05, 3.63) is 29.8 Å². The number of benzene rings is 1. The van der Waals surface area contributed by atoms with Crippen molar-refractivity contribution in [2.45, 2.75) is 39.7 Å². The first-order valence-corrected chi connectivity index (χ1v) is 5.29. The fourth-order valence-corrected chi connectivity index (χ4v) is 2.04. The maximum absolute atomic E-state index is 5.92. The van der Waals surface area contributed by atoms with Gasteiger partial charge in [-0.25, -0.2) is 0 Å². The topological polar surface area (TPSA) is 9.23 Å². The summed E-state index contributed by atoms with van der Waals surface area (Å²) in [6.07, 6.45) is 0.285. The van der Waals surface area contributed by atoms with Gasteiger partial charge in [-0.2, -0.15) is 0 Å². The number of para-hydroxylation sites is 1. The summed E-state index contributed by atoms with van der Waals surface area (Å²) in [4.78, 5) is 0. The summed E-state index contributed by atoms with van der Waals surface area (Å²) in [5, 5.41) is 0. The van der Waals surface area contributed by atoms with Crippen LogP contribution in [0.25, 0.3) is 0 Å². The zero-order valence-corrected chi connectivity index (χ0v) is 9.37. The second-order valence-corrected chi connectivity index (χ2v) is 4.84. The molecule has 0 saturated heterocycles. The van der Waals surface area contributed by atoms with Gasteiger partial charge in [-0.05, 0) is 24.5 Å². The largest absolute Gasteiger partial charge is 0.490 e. The van der Waals surface area contributed by atoms with Gasteiger partial charge in [0.05, 0.1) is 0 Å². The molecule has 0 radical (unpaired) electrons. The molecule has 1 heterocycles. The third-order valence-corrected chi connectivity index (χ3v) is 3.85. The van der Waals surface area contributed by atoms with E-state index in [2.05, 4.69) is 45.9 Å². The van der Waals surface area contributed by atoms with Gasteiger partial charge in [-0.3, -0.25) is 0 Å². The van der Waals surface area contributed by atoms with Gasteiger partial charge < -0.3 is 4.74 Å². The van der Waals surface area contributed by atoms with E-state index in [1.807, 2.05) is 6.07 Å². The molecule has 2 atom stereocenters. The third kappa shape index (κ3) is 1.23. The van der Waals surface area contributed by atoms with Crippen molar-refractivity contribution in [2.75, 3.05) is 0 Å². The molecule has 0 bridgehead atoms. The van der Waals surface area contributed by atoms with E-state index in [1.54, 1.807) is 0 Å². The zero-order chi connectivity index (χ0) is 10.3. The lowest BCUT2D eigenvalue weighted by Gasteiger charge is -2.43. The van der Waals surface area contributed by atoms with Gasteiger partial charge in [-0.15, -0.1) is 0 Å². The highest BCUT2D eigenvalue weighted by Gasteiger charge is 2.39. The molecule has 1 aliphatic rings. The van der Waals surface area contributed by atoms with Crippen LogP contribution in [0.15, 0.2) is 24.3 Å². The molecule has 1 aromatic rings. The summed E-state index contributed by atoms with van der Waals surface area (Å²) in [6, 6.07) is 8.37. The number of ether oxygens (including phenoxy) is 1. The molecule has 0 aliphatic carbocycles. The average Bonchev–Trinajstić information content (AvgIpc) is 2.15. The van der Waals surface area contributed by atoms with Crippen LogP contribution in [0.1, 0.15) is 39.2 Å². The molecular formula is C13H18O. The minimum Gasteiger partial charge on any atom is -0.490 e. The second kappa shape index (κ2) is 3.01. The maximum atomic E-state index is 5.92. The number of rotatable bonds is 0. The standard InChI is InChI=1S/C13H18O/c1-9-11-7-5-6-8-12(11)14-10(2)13(9,3)4/h5-10H,1-4H3. The van der Waals surface area contributed by atoms with E-state index in [0.29, 0.717) is 5.92 Å². The van der Waals surface area contributed by atoms with E-state index in [9.17, 15) is 0 Å². The summed E-state index contributed by atoms with van der Waals surface area (Å²) in [6.45, 7) is 9.00. The van der Waals surface area contributed by atoms with Crippen LogP contribution in [-0.2, 0) is 0 Å². The van der Waals surface area contributed by atoms with Crippen LogP contribution < -0.4 is 4.74 Å². The second-order valence-electron chi connectivity index (χ2n) is 4.84. The Bertz CT molecular complexity index is 341. The molecule has 1 nitrogen and oxygen atoms in total. The van der Waals surface area contributed by atoms with E-state index in [0.717, 1.165) is 5.75 Å². The van der Waals surface area contributed by atoms with Crippen LogP contribution in [0.4, 0.5) is 0 Å². The van der Waals surface area contributed by atoms with E-state index in [4.69, 9.17) is 4.74 Å². The molecule has 0 spiro atoms. The van der Waals surface area contributed by atoms with E-state index in [-0.39, 0.29) is 11.5 Å². The van der Waals surface area contributed by atoms with Gasteiger partial charge in [0.25, 0.3) is 0 Å². The van der Waals surface area contributed by atoms with Crippen LogP contribution in [0.3, 0.4) is 0 Å². The summed E-state index contributed by atoms with van der Waals surface area (Å²) < 4.78 is 5.92. The van der Waals surface area contributed by atoms with Crippen molar-refractivity contribution < 1.29 is 4.74 Å². The van der Waals surface area contributed by atoms with Crippen molar-refractivity contribution >= 4 is 0 Å². The summed E-state index contributed by atoms with van der Waals surface area (Å²) in [5.74, 6) is 1.62. The summed E-state index contributed by atoms with van der Waals surface area (Å²) >= 11 is 0.